The molecular weight excluding hydrogens is 1170 g/mol. The monoisotopic (exact) mass is 1260 g/mol. The van der Waals surface area contributed by atoms with E-state index in [4.69, 9.17) is 52.1 Å². The predicted molar refractivity (Wildman–Crippen MR) is 294 cm³/mol. The number of aliphatic hydroxyl groups excluding tert-OH is 13. The van der Waals surface area contributed by atoms with Gasteiger partial charge >= 0.3 is 23.9 Å². The highest BCUT2D eigenvalue weighted by molar-refractivity contribution is 5.80. The molecule has 0 unspecified atom stereocenters. The van der Waals surface area contributed by atoms with E-state index < -0.39 is 236 Å². The minimum atomic E-state index is -1.99. The maximum Gasteiger partial charge on any atom is 0.317 e. The van der Waals surface area contributed by atoms with Gasteiger partial charge in [-0.05, 0) is 97.7 Å². The second kappa shape index (κ2) is 26.0. The van der Waals surface area contributed by atoms with Crippen LogP contribution in [0.4, 0.5) is 0 Å². The molecule has 0 aromatic rings. The summed E-state index contributed by atoms with van der Waals surface area (Å²) >= 11 is 0. The SMILES string of the molecule is CC(=O)OC[C@H]1O[C@@H](OC(=O)[C@]23CCC(C)(C)C[C@H]2C2=CC[C@@H]4[C@@]5(C)C[C@H](O)[C@H](O[C@@H]6O[C@H](CO)[C@@H](O)[C@H](O)[C@H]6O)[C@@](C)(CO)[C@@H]5CC[C@@]4(C)[C@]2(C)C[C@H]3O[C@@H]2O[C@H](CO)[C@@H](O)[C@H](O)[C@H]2O[C@H]2O[C@H](COC(=O)C[C@H](C)O)[C@@H](O)[C@@H]2O)[C@@H](OC(C)=O)[C@@H]1O. The Kier molecular flexibility index (Phi) is 20.4. The summed E-state index contributed by atoms with van der Waals surface area (Å²) in [6, 6.07) is 0. The van der Waals surface area contributed by atoms with Crippen LogP contribution in [0.5, 0.6) is 0 Å². The van der Waals surface area contributed by atoms with Crippen LogP contribution in [0.1, 0.15) is 120 Å². The number of rotatable bonds is 18. The Morgan fingerprint density at radius 1 is 0.602 bits per heavy atom. The molecule has 9 rings (SSSR count). The maximum absolute atomic E-state index is 16.2. The van der Waals surface area contributed by atoms with Crippen LogP contribution in [0.15, 0.2) is 11.6 Å². The van der Waals surface area contributed by atoms with Crippen LogP contribution >= 0.6 is 0 Å². The molecule has 9 aliphatic rings. The fraction of sp³-hybridized carbons (Fsp3) is 0.900. The maximum atomic E-state index is 16.2. The van der Waals surface area contributed by atoms with Crippen LogP contribution in [0.3, 0.4) is 0 Å². The van der Waals surface area contributed by atoms with Crippen molar-refractivity contribution in [2.75, 3.05) is 33.0 Å². The standard InChI is InChI=1S/C60H94O28/c1-25(64)16-38(68)79-23-33-41(71)45(75)50(83-33)86-48-44(74)40(70)32(21-62)82-52(48)85-37-19-59(9)28(29-17-55(4,5)14-15-60(29,37)54(77)88-53-47(80-27(3)66)42(72)34(84-53)22-78-26(2)65)10-11-36-56(6)18-30(67)49(57(7,24-63)35(56)12-13-58(36,59)8)87-51-46(76)43(73)39(69)31(20-61)81-51/h10,25,29-37,39-53,61-64,67,69-76H,11-24H2,1-9H3/t25-,29-,30-,31+,32+,33+,34+,35+,36+,37+,39+,40+,41+,42+,43-,44-,45-,46+,47-,48+,49-,50+,51-,52-,53-,56-,57-,58+,59+,60+/m0/s1. The van der Waals surface area contributed by atoms with Crippen molar-refractivity contribution < 1.29 is 138 Å². The molecule has 5 aliphatic carbocycles. The van der Waals surface area contributed by atoms with Gasteiger partial charge in [0.15, 0.2) is 25.0 Å². The average Bonchev–Trinajstić information content (AvgIpc) is 0.771. The Balaban J connectivity index is 1.12. The molecule has 0 amide bonds. The molecule has 0 bridgehead atoms. The third kappa shape index (κ3) is 12.1. The molecule has 8 fully saturated rings. The summed E-state index contributed by atoms with van der Waals surface area (Å²) in [5.41, 5.74) is -5.19. The van der Waals surface area contributed by atoms with Gasteiger partial charge in [-0.25, -0.2) is 0 Å². The molecule has 4 saturated heterocycles. The van der Waals surface area contributed by atoms with Gasteiger partial charge in [0.05, 0.1) is 50.7 Å². The molecule has 4 aliphatic heterocycles. The summed E-state index contributed by atoms with van der Waals surface area (Å²) in [6.45, 7) is 12.6. The molecule has 0 aromatic carbocycles. The molecule has 28 nitrogen and oxygen atoms in total. The molecule has 28 heteroatoms. The highest BCUT2D eigenvalue weighted by Gasteiger charge is 2.74. The average molecular weight is 1260 g/mol. The third-order valence-electron chi connectivity index (χ3n) is 22.1. The lowest BCUT2D eigenvalue weighted by Crippen LogP contribution is -2.71. The molecule has 30 atom stereocenters. The molecule has 4 saturated carbocycles. The van der Waals surface area contributed by atoms with Crippen LogP contribution < -0.4 is 0 Å². The zero-order valence-corrected chi connectivity index (χ0v) is 51.3. The largest absolute Gasteiger partial charge is 0.463 e. The minimum Gasteiger partial charge on any atom is -0.463 e. The van der Waals surface area contributed by atoms with Gasteiger partial charge in [0.2, 0.25) is 6.29 Å². The fourth-order valence-electron chi connectivity index (χ4n) is 17.3. The van der Waals surface area contributed by atoms with Crippen molar-refractivity contribution in [3.8, 4) is 0 Å². The van der Waals surface area contributed by atoms with Gasteiger partial charge in [-0.15, -0.1) is 0 Å². The first-order chi connectivity index (χ1) is 41.2. The Morgan fingerprint density at radius 2 is 1.18 bits per heavy atom. The first-order valence-electron chi connectivity index (χ1n) is 30.8. The Labute approximate surface area is 510 Å². The van der Waals surface area contributed by atoms with Gasteiger partial charge in [0, 0.05) is 19.3 Å². The lowest BCUT2D eigenvalue weighted by atomic mass is 9.33. The summed E-state index contributed by atoms with van der Waals surface area (Å²) in [5, 5.41) is 144. The molecule has 88 heavy (non-hydrogen) atoms. The summed E-state index contributed by atoms with van der Waals surface area (Å²) < 4.78 is 66.2. The number of fused-ring (bicyclic) bond motifs is 7. The van der Waals surface area contributed by atoms with Crippen molar-refractivity contribution in [3.63, 3.8) is 0 Å². The van der Waals surface area contributed by atoms with Gasteiger partial charge < -0.3 is 118 Å². The Bertz CT molecular complexity index is 2530. The summed E-state index contributed by atoms with van der Waals surface area (Å²) in [5.74, 6) is -4.82. The molecule has 4 heterocycles. The Morgan fingerprint density at radius 3 is 1.81 bits per heavy atom. The van der Waals surface area contributed by atoms with Crippen molar-refractivity contribution in [2.45, 2.75) is 255 Å². The minimum absolute atomic E-state index is 0.0337. The second-order valence-corrected chi connectivity index (χ2v) is 28.2. The van der Waals surface area contributed by atoms with Crippen molar-refractivity contribution in [1.29, 1.82) is 0 Å². The summed E-state index contributed by atoms with van der Waals surface area (Å²) in [7, 11) is 0. The van der Waals surface area contributed by atoms with E-state index in [1.165, 1.54) is 6.92 Å². The van der Waals surface area contributed by atoms with Crippen LogP contribution in [0.2, 0.25) is 0 Å². The smallest absolute Gasteiger partial charge is 0.317 e. The van der Waals surface area contributed by atoms with E-state index in [0.717, 1.165) is 19.4 Å². The number of hydrogen-bond acceptors (Lipinski definition) is 28. The van der Waals surface area contributed by atoms with Gasteiger partial charge in [-0.3, -0.25) is 19.2 Å². The lowest BCUT2D eigenvalue weighted by Gasteiger charge is -2.72. The normalized spacial score (nSPS) is 49.2. The van der Waals surface area contributed by atoms with Crippen molar-refractivity contribution in [3.05, 3.63) is 11.6 Å². The quantitative estimate of drug-likeness (QED) is 0.0295. The molecular formula is C60H94O28. The molecule has 0 spiro atoms. The first-order valence-corrected chi connectivity index (χ1v) is 30.8. The fourth-order valence-corrected chi connectivity index (χ4v) is 17.3. The molecule has 502 valence electrons. The predicted octanol–water partition coefficient (Wildman–Crippen LogP) is -2.38. The lowest BCUT2D eigenvalue weighted by molar-refractivity contribution is -0.358. The van der Waals surface area contributed by atoms with E-state index in [2.05, 4.69) is 40.7 Å². The number of ether oxygens (including phenoxy) is 11. The van der Waals surface area contributed by atoms with E-state index in [9.17, 15) is 80.8 Å². The molecule has 0 aromatic heterocycles. The van der Waals surface area contributed by atoms with Crippen LogP contribution in [0, 0.1) is 50.2 Å². The first kappa shape index (κ1) is 69.2. The van der Waals surface area contributed by atoms with Gasteiger partial charge in [-0.1, -0.05) is 53.2 Å². The highest BCUT2D eigenvalue weighted by Crippen LogP contribution is 2.76. The van der Waals surface area contributed by atoms with Gasteiger partial charge in [0.1, 0.15) is 98.0 Å². The third-order valence-corrected chi connectivity index (χ3v) is 22.1. The van der Waals surface area contributed by atoms with Crippen LogP contribution in [-0.4, -0.2) is 258 Å². The van der Waals surface area contributed by atoms with E-state index in [0.29, 0.717) is 32.1 Å². The van der Waals surface area contributed by atoms with E-state index in [1.54, 1.807) is 6.92 Å². The highest BCUT2D eigenvalue weighted by atomic mass is 16.8. The zero-order chi connectivity index (χ0) is 64.7. The van der Waals surface area contributed by atoms with E-state index in [1.807, 2.05) is 0 Å². The summed E-state index contributed by atoms with van der Waals surface area (Å²) in [6.07, 6.45) is -31.6. The number of carbonyl (C=O) groups excluding carboxylic acids is 4. The van der Waals surface area contributed by atoms with Crippen molar-refractivity contribution in [1.82, 2.24) is 0 Å². The number of allylic oxidation sites excluding steroid dienone is 2. The summed E-state index contributed by atoms with van der Waals surface area (Å²) in [4.78, 5) is 53.2. The van der Waals surface area contributed by atoms with E-state index in [-0.39, 0.29) is 31.6 Å². The zero-order valence-electron chi connectivity index (χ0n) is 51.3. The molecule has 0 radical (unpaired) electrons. The number of carbonyl (C=O) groups is 4. The van der Waals surface area contributed by atoms with Crippen molar-refractivity contribution >= 4 is 23.9 Å². The van der Waals surface area contributed by atoms with E-state index >= 15 is 4.79 Å². The van der Waals surface area contributed by atoms with Gasteiger partial charge in [0.25, 0.3) is 0 Å². The van der Waals surface area contributed by atoms with Crippen LogP contribution in [0.25, 0.3) is 0 Å². The molecule has 13 N–H and O–H groups in total. The van der Waals surface area contributed by atoms with Gasteiger partial charge in [-0.2, -0.15) is 0 Å². The van der Waals surface area contributed by atoms with Crippen molar-refractivity contribution in [2.24, 2.45) is 50.2 Å². The Hall–Kier alpha value is -3.18. The number of esters is 4. The number of hydrogen-bond donors (Lipinski definition) is 13. The number of aliphatic hydroxyl groups is 13. The second-order valence-electron chi connectivity index (χ2n) is 28.2. The topological polar surface area (TPSA) is 433 Å². The van der Waals surface area contributed by atoms with Crippen LogP contribution in [-0.2, 0) is 71.3 Å².